The zero-order valence-electron chi connectivity index (χ0n) is 16.8. The Morgan fingerprint density at radius 1 is 1.25 bits per heavy atom. The van der Waals surface area contributed by atoms with Crippen LogP contribution in [0.2, 0.25) is 0 Å². The Balaban J connectivity index is 0.00000392. The molecule has 0 fully saturated rings. The van der Waals surface area contributed by atoms with Crippen LogP contribution in [0.15, 0.2) is 41.5 Å². The minimum atomic E-state index is -0.0567. The highest BCUT2D eigenvalue weighted by Crippen LogP contribution is 2.16. The molecule has 154 valence electrons. The van der Waals surface area contributed by atoms with Gasteiger partial charge in [0.05, 0.1) is 25.0 Å². The number of nitrogens with one attached hydrogen (secondary N) is 2. The number of guanidine groups is 1. The summed E-state index contributed by atoms with van der Waals surface area (Å²) in [6.07, 6.45) is 1.82. The highest BCUT2D eigenvalue weighted by Gasteiger charge is 2.11. The highest BCUT2D eigenvalue weighted by molar-refractivity contribution is 14.0. The molecule has 0 spiro atoms. The number of rotatable bonds is 8. The molecule has 2 aromatic rings. The van der Waals surface area contributed by atoms with Crippen LogP contribution in [0.4, 0.5) is 0 Å². The lowest BCUT2D eigenvalue weighted by molar-refractivity contribution is -0.127. The van der Waals surface area contributed by atoms with Gasteiger partial charge >= 0.3 is 0 Å². The van der Waals surface area contributed by atoms with Gasteiger partial charge in [-0.3, -0.25) is 4.79 Å². The molecular weight excluding hydrogens is 471 g/mol. The first-order chi connectivity index (χ1) is 13.0. The van der Waals surface area contributed by atoms with Crippen LogP contribution in [0.3, 0.4) is 0 Å². The fourth-order valence-electron chi connectivity index (χ4n) is 2.37. The molecule has 1 amide bonds. The van der Waals surface area contributed by atoms with Crippen LogP contribution in [-0.4, -0.2) is 79.6 Å². The SMILES string of the molecule is COCCNC(=NCC(=O)N(C)C)N(C)Cc1ncc(-c2ccccc2)[nH]1.I. The van der Waals surface area contributed by atoms with Crippen molar-refractivity contribution in [2.24, 2.45) is 4.99 Å². The molecule has 2 N–H and O–H groups in total. The van der Waals surface area contributed by atoms with E-state index in [0.717, 1.165) is 17.1 Å². The summed E-state index contributed by atoms with van der Waals surface area (Å²) in [4.78, 5) is 27.5. The predicted octanol–water partition coefficient (Wildman–Crippen LogP) is 1.81. The predicted molar refractivity (Wildman–Crippen MR) is 122 cm³/mol. The monoisotopic (exact) mass is 500 g/mol. The van der Waals surface area contributed by atoms with Crippen LogP contribution in [0.1, 0.15) is 5.82 Å². The number of nitrogens with zero attached hydrogens (tertiary/aromatic N) is 4. The zero-order chi connectivity index (χ0) is 19.6. The molecule has 0 bridgehead atoms. The van der Waals surface area contributed by atoms with Crippen molar-refractivity contribution < 1.29 is 9.53 Å². The van der Waals surface area contributed by atoms with Gasteiger partial charge in [0.25, 0.3) is 0 Å². The average Bonchev–Trinajstić information content (AvgIpc) is 3.13. The van der Waals surface area contributed by atoms with E-state index >= 15 is 0 Å². The van der Waals surface area contributed by atoms with E-state index in [2.05, 4.69) is 20.3 Å². The molecule has 0 aliphatic heterocycles. The van der Waals surface area contributed by atoms with Crippen molar-refractivity contribution >= 4 is 35.8 Å². The molecule has 1 aromatic heterocycles. The van der Waals surface area contributed by atoms with Crippen LogP contribution in [0.5, 0.6) is 0 Å². The highest BCUT2D eigenvalue weighted by atomic mass is 127. The second kappa shape index (κ2) is 12.3. The van der Waals surface area contributed by atoms with E-state index in [1.807, 2.05) is 48.5 Å². The van der Waals surface area contributed by atoms with E-state index in [-0.39, 0.29) is 36.4 Å². The molecule has 1 aromatic carbocycles. The summed E-state index contributed by atoms with van der Waals surface area (Å²) in [5.74, 6) is 1.38. The number of aliphatic imine (C=N–C) groups is 1. The molecule has 0 unspecified atom stereocenters. The van der Waals surface area contributed by atoms with Gasteiger partial charge in [0.2, 0.25) is 5.91 Å². The van der Waals surface area contributed by atoms with Crippen molar-refractivity contribution in [2.45, 2.75) is 6.54 Å². The summed E-state index contributed by atoms with van der Waals surface area (Å²) in [6, 6.07) is 10.0. The summed E-state index contributed by atoms with van der Waals surface area (Å²) < 4.78 is 5.08. The quantitative estimate of drug-likeness (QED) is 0.250. The summed E-state index contributed by atoms with van der Waals surface area (Å²) in [5, 5.41) is 3.21. The van der Waals surface area contributed by atoms with Crippen molar-refractivity contribution in [1.82, 2.24) is 25.1 Å². The molecular formula is C19H29IN6O2. The number of benzene rings is 1. The van der Waals surface area contributed by atoms with Crippen molar-refractivity contribution in [1.29, 1.82) is 0 Å². The Morgan fingerprint density at radius 3 is 2.61 bits per heavy atom. The summed E-state index contributed by atoms with van der Waals surface area (Å²) in [7, 11) is 6.98. The number of halogens is 1. The molecule has 0 aliphatic carbocycles. The second-order valence-electron chi connectivity index (χ2n) is 6.31. The van der Waals surface area contributed by atoms with E-state index in [0.29, 0.717) is 25.7 Å². The average molecular weight is 500 g/mol. The molecule has 0 atom stereocenters. The molecule has 8 nitrogen and oxygen atoms in total. The number of aromatic nitrogens is 2. The van der Waals surface area contributed by atoms with E-state index in [9.17, 15) is 4.79 Å². The van der Waals surface area contributed by atoms with Crippen molar-refractivity contribution in [3.63, 3.8) is 0 Å². The number of methoxy groups -OCH3 is 1. The van der Waals surface area contributed by atoms with Crippen molar-refractivity contribution in [3.8, 4) is 11.3 Å². The zero-order valence-corrected chi connectivity index (χ0v) is 19.1. The Hall–Kier alpha value is -2.14. The Labute approximate surface area is 183 Å². The lowest BCUT2D eigenvalue weighted by atomic mass is 10.2. The van der Waals surface area contributed by atoms with Gasteiger partial charge in [-0.25, -0.2) is 9.98 Å². The lowest BCUT2D eigenvalue weighted by Gasteiger charge is -2.21. The number of likely N-dealkylation sites (N-methyl/N-ethyl adjacent to an activating group) is 1. The van der Waals surface area contributed by atoms with Gasteiger partial charge in [0.15, 0.2) is 5.96 Å². The normalized spacial score (nSPS) is 10.9. The fourth-order valence-corrected chi connectivity index (χ4v) is 2.37. The number of H-pyrrole nitrogens is 1. The van der Waals surface area contributed by atoms with Crippen molar-refractivity contribution in [3.05, 3.63) is 42.4 Å². The van der Waals surface area contributed by atoms with Gasteiger partial charge in [-0.15, -0.1) is 24.0 Å². The van der Waals surface area contributed by atoms with E-state index in [1.54, 1.807) is 21.2 Å². The molecule has 28 heavy (non-hydrogen) atoms. The maximum Gasteiger partial charge on any atom is 0.243 e. The summed E-state index contributed by atoms with van der Waals surface area (Å²) >= 11 is 0. The first-order valence-corrected chi connectivity index (χ1v) is 8.79. The lowest BCUT2D eigenvalue weighted by Crippen LogP contribution is -2.41. The fraction of sp³-hybridized carbons (Fsp3) is 0.421. The first kappa shape index (κ1) is 23.9. The topological polar surface area (TPSA) is 85.8 Å². The van der Waals surface area contributed by atoms with Gasteiger partial charge in [0.1, 0.15) is 12.4 Å². The van der Waals surface area contributed by atoms with Crippen LogP contribution in [-0.2, 0) is 16.1 Å². The molecule has 0 aliphatic rings. The Morgan fingerprint density at radius 2 is 1.96 bits per heavy atom. The van der Waals surface area contributed by atoms with Crippen LogP contribution >= 0.6 is 24.0 Å². The third kappa shape index (κ3) is 7.47. The number of carbonyl (C=O) groups excluding carboxylic acids is 1. The summed E-state index contributed by atoms with van der Waals surface area (Å²) in [6.45, 7) is 1.76. The van der Waals surface area contributed by atoms with Gasteiger partial charge < -0.3 is 24.8 Å². The molecule has 0 saturated heterocycles. The number of amides is 1. The smallest absolute Gasteiger partial charge is 0.243 e. The number of carbonyl (C=O) groups is 1. The second-order valence-corrected chi connectivity index (χ2v) is 6.31. The van der Waals surface area contributed by atoms with Crippen LogP contribution < -0.4 is 5.32 Å². The molecule has 1 heterocycles. The first-order valence-electron chi connectivity index (χ1n) is 8.79. The molecule has 0 saturated carbocycles. The van der Waals surface area contributed by atoms with Gasteiger partial charge in [-0.05, 0) is 5.56 Å². The number of imidazole rings is 1. The number of hydrogen-bond acceptors (Lipinski definition) is 4. The number of aromatic amines is 1. The largest absolute Gasteiger partial charge is 0.383 e. The maximum atomic E-state index is 11.8. The van der Waals surface area contributed by atoms with Gasteiger partial charge in [-0.2, -0.15) is 0 Å². The van der Waals surface area contributed by atoms with E-state index < -0.39 is 0 Å². The minimum Gasteiger partial charge on any atom is -0.383 e. The van der Waals surface area contributed by atoms with Gasteiger partial charge in [0, 0.05) is 34.8 Å². The Kier molecular flexibility index (Phi) is 10.5. The number of hydrogen-bond donors (Lipinski definition) is 2. The van der Waals surface area contributed by atoms with Crippen molar-refractivity contribution in [2.75, 3.05) is 47.9 Å². The molecule has 2 rings (SSSR count). The minimum absolute atomic E-state index is 0. The third-order valence-corrected chi connectivity index (χ3v) is 3.91. The molecule has 9 heteroatoms. The summed E-state index contributed by atoms with van der Waals surface area (Å²) in [5.41, 5.74) is 2.05. The van der Waals surface area contributed by atoms with Gasteiger partial charge in [-0.1, -0.05) is 30.3 Å². The van der Waals surface area contributed by atoms with E-state index in [1.165, 1.54) is 4.90 Å². The van der Waals surface area contributed by atoms with Crippen LogP contribution in [0, 0.1) is 0 Å². The Bertz CT molecular complexity index is 748. The van der Waals surface area contributed by atoms with E-state index in [4.69, 9.17) is 4.74 Å². The van der Waals surface area contributed by atoms with Crippen LogP contribution in [0.25, 0.3) is 11.3 Å². The number of ether oxygens (including phenoxy) is 1. The molecule has 0 radical (unpaired) electrons. The maximum absolute atomic E-state index is 11.8. The standard InChI is InChI=1S/C19H28N6O2.HI/c1-24(2)18(26)13-22-19(20-10-11-27-4)25(3)14-17-21-12-16(23-17)15-8-6-5-7-9-15;/h5-9,12H,10-11,13-14H2,1-4H3,(H,20,22)(H,21,23);1H. The third-order valence-electron chi connectivity index (χ3n) is 3.91.